The zero-order valence-electron chi connectivity index (χ0n) is 10.9. The molecule has 108 valence electrons. The van der Waals surface area contributed by atoms with Crippen LogP contribution in [-0.2, 0) is 21.6 Å². The molecular formula is C11H14N4O4S. The van der Waals surface area contributed by atoms with Crippen molar-refractivity contribution in [3.05, 3.63) is 48.5 Å². The van der Waals surface area contributed by atoms with Crippen molar-refractivity contribution in [2.75, 3.05) is 7.11 Å². The lowest BCUT2D eigenvalue weighted by Crippen LogP contribution is -2.24. The molecule has 0 bridgehead atoms. The second-order valence-corrected chi connectivity index (χ2v) is 4.68. The van der Waals surface area contributed by atoms with Gasteiger partial charge in [-0.25, -0.2) is 8.42 Å². The number of aromatic nitrogens is 3. The van der Waals surface area contributed by atoms with Crippen molar-refractivity contribution < 1.29 is 21.8 Å². The standard InChI is InChI=1S/C10H11N4.CH4O4S/c1-13-9-14(8-12-13)11-7-10-5-3-2-4-6-10;1-5-6(2,3)4/h2-9H,1H3;1H3,(H,2,3,4)/q+1;/p-1/b11-7-;. The second kappa shape index (κ2) is 7.48. The lowest BCUT2D eigenvalue weighted by Gasteiger charge is -1.98. The van der Waals surface area contributed by atoms with Gasteiger partial charge in [-0.15, -0.1) is 14.5 Å². The predicted octanol–water partition coefficient (Wildman–Crippen LogP) is -0.317. The number of hydrogen-bond donors (Lipinski definition) is 0. The van der Waals surface area contributed by atoms with Crippen LogP contribution in [0.25, 0.3) is 0 Å². The van der Waals surface area contributed by atoms with E-state index in [0.717, 1.165) is 12.7 Å². The minimum absolute atomic E-state index is 0.808. The molecule has 0 unspecified atom stereocenters. The number of rotatable bonds is 3. The molecule has 0 fully saturated rings. The Balaban J connectivity index is 0.000000286. The third-order valence-corrected chi connectivity index (χ3v) is 2.39. The smallest absolute Gasteiger partial charge is 0.288 e. The predicted molar refractivity (Wildman–Crippen MR) is 69.5 cm³/mol. The van der Waals surface area contributed by atoms with Gasteiger partial charge < -0.3 is 4.55 Å². The van der Waals surface area contributed by atoms with Gasteiger partial charge in [-0.2, -0.15) is 0 Å². The Morgan fingerprint density at radius 3 is 2.45 bits per heavy atom. The van der Waals surface area contributed by atoms with E-state index >= 15 is 0 Å². The highest BCUT2D eigenvalue weighted by molar-refractivity contribution is 7.80. The fourth-order valence-corrected chi connectivity index (χ4v) is 1.10. The fraction of sp³-hybridized carbons (Fsp3) is 0.182. The summed E-state index contributed by atoms with van der Waals surface area (Å²) >= 11 is 0. The first-order valence-electron chi connectivity index (χ1n) is 5.41. The average Bonchev–Trinajstić information content (AvgIpc) is 2.83. The van der Waals surface area contributed by atoms with Crippen molar-refractivity contribution in [2.45, 2.75) is 0 Å². The molecule has 0 aliphatic heterocycles. The van der Waals surface area contributed by atoms with Crippen LogP contribution in [-0.4, -0.2) is 36.1 Å². The molecule has 0 aliphatic carbocycles. The van der Waals surface area contributed by atoms with Crippen molar-refractivity contribution >= 4 is 16.6 Å². The lowest BCUT2D eigenvalue weighted by atomic mass is 10.2. The summed E-state index contributed by atoms with van der Waals surface area (Å²) in [7, 11) is -1.75. The number of hydrogen-bond acceptors (Lipinski definition) is 6. The Kier molecular flexibility index (Phi) is 5.97. The molecule has 0 radical (unpaired) electrons. The summed E-state index contributed by atoms with van der Waals surface area (Å²) in [4.78, 5) is 0. The second-order valence-electron chi connectivity index (χ2n) is 3.53. The summed E-state index contributed by atoms with van der Waals surface area (Å²) in [6.45, 7) is 0. The molecule has 2 rings (SSSR count). The quantitative estimate of drug-likeness (QED) is 0.335. The fourth-order valence-electron chi connectivity index (χ4n) is 1.10. The van der Waals surface area contributed by atoms with Crippen LogP contribution in [0.1, 0.15) is 5.56 Å². The van der Waals surface area contributed by atoms with Gasteiger partial charge in [-0.1, -0.05) is 30.3 Å². The third kappa shape index (κ3) is 6.73. The van der Waals surface area contributed by atoms with Crippen LogP contribution in [0.15, 0.2) is 48.1 Å². The zero-order valence-corrected chi connectivity index (χ0v) is 11.8. The van der Waals surface area contributed by atoms with Gasteiger partial charge in [-0.3, -0.25) is 4.18 Å². The van der Waals surface area contributed by atoms with E-state index in [1.807, 2.05) is 37.4 Å². The van der Waals surface area contributed by atoms with Crippen molar-refractivity contribution in [2.24, 2.45) is 12.1 Å². The maximum Gasteiger partial charge on any atom is 0.288 e. The van der Waals surface area contributed by atoms with Gasteiger partial charge in [0.15, 0.2) is 0 Å². The average molecular weight is 298 g/mol. The molecule has 9 heteroatoms. The van der Waals surface area contributed by atoms with Gasteiger partial charge in [0.05, 0.1) is 20.4 Å². The van der Waals surface area contributed by atoms with Crippen molar-refractivity contribution in [1.82, 2.24) is 9.78 Å². The normalized spacial score (nSPS) is 11.2. The highest BCUT2D eigenvalue weighted by atomic mass is 32.3. The summed E-state index contributed by atoms with van der Waals surface area (Å²) < 4.78 is 34.4. The number of aryl methyl sites for hydroxylation is 1. The van der Waals surface area contributed by atoms with Gasteiger partial charge >= 0.3 is 0 Å². The molecule has 0 saturated carbocycles. The number of benzene rings is 1. The summed E-state index contributed by atoms with van der Waals surface area (Å²) in [5.74, 6) is 0. The topological polar surface area (TPSA) is 100 Å². The first kappa shape index (κ1) is 16.0. The molecular weight excluding hydrogens is 284 g/mol. The van der Waals surface area contributed by atoms with E-state index in [2.05, 4.69) is 14.4 Å². The van der Waals surface area contributed by atoms with E-state index in [-0.39, 0.29) is 0 Å². The molecule has 0 N–H and O–H groups in total. The van der Waals surface area contributed by atoms with E-state index < -0.39 is 10.4 Å². The van der Waals surface area contributed by atoms with Gasteiger partial charge in [0.25, 0.3) is 6.33 Å². The lowest BCUT2D eigenvalue weighted by molar-refractivity contribution is -0.679. The number of nitrogens with zero attached hydrogens (tertiary/aromatic N) is 4. The first-order chi connectivity index (χ1) is 9.40. The minimum atomic E-state index is -4.41. The molecule has 20 heavy (non-hydrogen) atoms. The van der Waals surface area contributed by atoms with E-state index in [0.29, 0.717) is 0 Å². The van der Waals surface area contributed by atoms with E-state index in [1.54, 1.807) is 28.2 Å². The van der Waals surface area contributed by atoms with Crippen molar-refractivity contribution in [3.63, 3.8) is 0 Å². The Hall–Kier alpha value is -2.10. The molecule has 2 aromatic rings. The Labute approximate surface area is 116 Å². The SMILES string of the molecule is COS(=O)(=O)[O-].Cn1c[n+](/N=C\c2ccccc2)cn1. The summed E-state index contributed by atoms with van der Waals surface area (Å²) in [6, 6.07) is 9.94. The van der Waals surface area contributed by atoms with Gasteiger partial charge in [0.2, 0.25) is 16.7 Å². The summed E-state index contributed by atoms with van der Waals surface area (Å²) in [5, 5.41) is 8.20. The van der Waals surface area contributed by atoms with Gasteiger partial charge in [0, 0.05) is 5.10 Å². The molecule has 0 saturated heterocycles. The van der Waals surface area contributed by atoms with Crippen LogP contribution >= 0.6 is 0 Å². The maximum absolute atomic E-state index is 9.22. The van der Waals surface area contributed by atoms with Crippen molar-refractivity contribution in [3.8, 4) is 0 Å². The zero-order chi connectivity index (χ0) is 15.0. The molecule has 8 nitrogen and oxygen atoms in total. The molecule has 0 spiro atoms. The largest absolute Gasteiger partial charge is 0.726 e. The monoisotopic (exact) mass is 298 g/mol. The molecule has 0 aliphatic rings. The third-order valence-electron chi connectivity index (χ3n) is 1.98. The van der Waals surface area contributed by atoms with Crippen LogP contribution in [0.3, 0.4) is 0 Å². The van der Waals surface area contributed by atoms with Crippen LogP contribution in [0.2, 0.25) is 0 Å². The summed E-state index contributed by atoms with van der Waals surface area (Å²) in [6.07, 6.45) is 5.24. The minimum Gasteiger partial charge on any atom is -0.726 e. The highest BCUT2D eigenvalue weighted by Gasteiger charge is 1.96. The first-order valence-corrected chi connectivity index (χ1v) is 6.75. The molecule has 1 heterocycles. The van der Waals surface area contributed by atoms with E-state index in [9.17, 15) is 13.0 Å². The van der Waals surface area contributed by atoms with Crippen molar-refractivity contribution in [1.29, 1.82) is 0 Å². The Morgan fingerprint density at radius 2 is 2.00 bits per heavy atom. The van der Waals surface area contributed by atoms with Crippen LogP contribution in [0.5, 0.6) is 0 Å². The molecule has 1 aromatic heterocycles. The highest BCUT2D eigenvalue weighted by Crippen LogP contribution is 1.92. The maximum atomic E-state index is 9.22. The summed E-state index contributed by atoms with van der Waals surface area (Å²) in [5.41, 5.74) is 1.07. The Bertz CT molecular complexity index is 652. The van der Waals surface area contributed by atoms with Crippen LogP contribution in [0, 0.1) is 0 Å². The van der Waals surface area contributed by atoms with E-state index in [1.165, 1.54) is 0 Å². The molecule has 0 amide bonds. The molecule has 0 atom stereocenters. The van der Waals surface area contributed by atoms with Crippen LogP contribution in [0.4, 0.5) is 0 Å². The molecule has 1 aromatic carbocycles. The van der Waals surface area contributed by atoms with Crippen LogP contribution < -0.4 is 4.68 Å². The van der Waals surface area contributed by atoms with Gasteiger partial charge in [0.1, 0.15) is 0 Å². The van der Waals surface area contributed by atoms with Gasteiger partial charge in [-0.05, 0) is 5.56 Å². The Morgan fingerprint density at radius 1 is 1.40 bits per heavy atom. The van der Waals surface area contributed by atoms with E-state index in [4.69, 9.17) is 0 Å².